The molecular weight excluding hydrogens is 395 g/mol. The highest BCUT2D eigenvalue weighted by atomic mass is 19.1. The summed E-state index contributed by atoms with van der Waals surface area (Å²) in [6.07, 6.45) is 7.45. The molecule has 0 bridgehead atoms. The van der Waals surface area contributed by atoms with Gasteiger partial charge < -0.3 is 5.73 Å². The molecule has 2 saturated carbocycles. The lowest BCUT2D eigenvalue weighted by molar-refractivity contribution is 0.0996. The zero-order chi connectivity index (χ0) is 21.1. The van der Waals surface area contributed by atoms with Crippen molar-refractivity contribution in [3.63, 3.8) is 0 Å². The summed E-state index contributed by atoms with van der Waals surface area (Å²) in [6, 6.07) is 8.45. The summed E-state index contributed by atoms with van der Waals surface area (Å²) in [5, 5.41) is 5.17. The van der Waals surface area contributed by atoms with Gasteiger partial charge in [-0.3, -0.25) is 9.78 Å². The molecule has 1 amide bonds. The number of carbonyl (C=O) groups is 1. The van der Waals surface area contributed by atoms with Crippen molar-refractivity contribution >= 4 is 16.8 Å². The Bertz CT molecular complexity index is 1340. The number of halogens is 1. The predicted molar refractivity (Wildman–Crippen MR) is 112 cm³/mol. The fraction of sp³-hybridized carbons (Fsp3) is 0.261. The van der Waals surface area contributed by atoms with Crippen LogP contribution in [0, 0.1) is 5.82 Å². The lowest BCUT2D eigenvalue weighted by atomic mass is 10.1. The minimum absolute atomic E-state index is 0.188. The van der Waals surface area contributed by atoms with Crippen molar-refractivity contribution in [2.24, 2.45) is 5.73 Å². The fourth-order valence-electron chi connectivity index (χ4n) is 4.01. The maximum Gasteiger partial charge on any atom is 0.269 e. The van der Waals surface area contributed by atoms with Crippen LogP contribution in [0.5, 0.6) is 0 Å². The molecule has 2 fully saturated rings. The van der Waals surface area contributed by atoms with Gasteiger partial charge in [-0.25, -0.2) is 14.4 Å². The molecule has 8 heteroatoms. The number of hydrogen-bond donors (Lipinski definition) is 1. The number of hydrogen-bond acceptors (Lipinski definition) is 5. The molecule has 0 aliphatic heterocycles. The van der Waals surface area contributed by atoms with E-state index in [1.165, 1.54) is 6.07 Å². The Morgan fingerprint density at radius 2 is 1.77 bits per heavy atom. The summed E-state index contributed by atoms with van der Waals surface area (Å²) < 4.78 is 15.7. The number of fused-ring (bicyclic) bond motifs is 1. The Kier molecular flexibility index (Phi) is 3.89. The van der Waals surface area contributed by atoms with Crippen molar-refractivity contribution in [3.05, 3.63) is 65.6 Å². The van der Waals surface area contributed by atoms with Gasteiger partial charge in [0.2, 0.25) is 0 Å². The maximum absolute atomic E-state index is 14.1. The van der Waals surface area contributed by atoms with E-state index < -0.39 is 5.91 Å². The van der Waals surface area contributed by atoms with Crippen LogP contribution in [0.4, 0.5) is 4.39 Å². The predicted octanol–water partition coefficient (Wildman–Crippen LogP) is 3.87. The molecule has 1 aromatic carbocycles. The van der Waals surface area contributed by atoms with Gasteiger partial charge in [0.05, 0.1) is 16.6 Å². The molecular formula is C23H19FN6O. The largest absolute Gasteiger partial charge is 0.364 e. The molecule has 154 valence electrons. The van der Waals surface area contributed by atoms with Gasteiger partial charge in [0.15, 0.2) is 5.69 Å². The highest BCUT2D eigenvalue weighted by Gasteiger charge is 2.34. The van der Waals surface area contributed by atoms with E-state index in [4.69, 9.17) is 10.7 Å². The van der Waals surface area contributed by atoms with Gasteiger partial charge in [-0.15, -0.1) is 0 Å². The number of amides is 1. The van der Waals surface area contributed by atoms with E-state index >= 15 is 0 Å². The zero-order valence-corrected chi connectivity index (χ0v) is 16.6. The highest BCUT2D eigenvalue weighted by molar-refractivity contribution is 6.05. The number of primary amides is 1. The third-order valence-electron chi connectivity index (χ3n) is 5.92. The Morgan fingerprint density at radius 3 is 2.42 bits per heavy atom. The molecule has 0 spiro atoms. The van der Waals surface area contributed by atoms with Gasteiger partial charge in [-0.05, 0) is 37.8 Å². The van der Waals surface area contributed by atoms with Crippen LogP contribution in [-0.2, 0) is 0 Å². The minimum atomic E-state index is -0.602. The Labute approximate surface area is 177 Å². The van der Waals surface area contributed by atoms with Crippen LogP contribution in [0.25, 0.3) is 28.0 Å². The smallest absolute Gasteiger partial charge is 0.269 e. The zero-order valence-electron chi connectivity index (χ0n) is 16.6. The molecule has 3 heterocycles. The van der Waals surface area contributed by atoms with Crippen molar-refractivity contribution in [1.29, 1.82) is 0 Å². The van der Waals surface area contributed by atoms with Crippen LogP contribution in [0.3, 0.4) is 0 Å². The molecule has 6 rings (SSSR count). The number of carbonyl (C=O) groups excluding carboxylic acids is 1. The first kappa shape index (κ1) is 18.1. The minimum Gasteiger partial charge on any atom is -0.364 e. The summed E-state index contributed by atoms with van der Waals surface area (Å²) in [4.78, 5) is 25.9. The van der Waals surface area contributed by atoms with E-state index in [9.17, 15) is 9.18 Å². The molecule has 4 aromatic rings. The second-order valence-corrected chi connectivity index (χ2v) is 8.25. The first-order valence-electron chi connectivity index (χ1n) is 10.4. The van der Waals surface area contributed by atoms with Gasteiger partial charge in [0.1, 0.15) is 5.82 Å². The number of rotatable bonds is 5. The maximum atomic E-state index is 14.1. The van der Waals surface area contributed by atoms with Crippen LogP contribution in [0.2, 0.25) is 0 Å². The van der Waals surface area contributed by atoms with Crippen molar-refractivity contribution in [3.8, 4) is 17.1 Å². The molecule has 2 N–H and O–H groups in total. The Morgan fingerprint density at radius 1 is 1.06 bits per heavy atom. The second-order valence-electron chi connectivity index (χ2n) is 8.25. The topological polar surface area (TPSA) is 99.6 Å². The summed E-state index contributed by atoms with van der Waals surface area (Å²) in [6.45, 7) is 0. The first-order valence-corrected chi connectivity index (χ1v) is 10.4. The number of nitrogens with zero attached hydrogens (tertiary/aromatic N) is 5. The average Bonchev–Trinajstić information content (AvgIpc) is 3.69. The monoisotopic (exact) mass is 414 g/mol. The van der Waals surface area contributed by atoms with E-state index in [1.54, 1.807) is 35.3 Å². The van der Waals surface area contributed by atoms with E-state index in [0.717, 1.165) is 42.6 Å². The molecule has 2 aliphatic carbocycles. The second kappa shape index (κ2) is 6.66. The van der Waals surface area contributed by atoms with E-state index in [0.29, 0.717) is 34.3 Å². The van der Waals surface area contributed by atoms with E-state index in [2.05, 4.69) is 15.1 Å². The highest BCUT2D eigenvalue weighted by Crippen LogP contribution is 2.46. The lowest BCUT2D eigenvalue weighted by Gasteiger charge is -2.08. The number of pyridine rings is 1. The molecule has 0 unspecified atom stereocenters. The van der Waals surface area contributed by atoms with Gasteiger partial charge in [0, 0.05) is 41.1 Å². The van der Waals surface area contributed by atoms with Crippen LogP contribution in [0.1, 0.15) is 59.4 Å². The molecule has 7 nitrogen and oxygen atoms in total. The third kappa shape index (κ3) is 3.06. The van der Waals surface area contributed by atoms with E-state index in [-0.39, 0.29) is 11.5 Å². The van der Waals surface area contributed by atoms with Gasteiger partial charge >= 0.3 is 0 Å². The molecule has 31 heavy (non-hydrogen) atoms. The van der Waals surface area contributed by atoms with Crippen molar-refractivity contribution in [1.82, 2.24) is 24.7 Å². The van der Waals surface area contributed by atoms with Crippen molar-refractivity contribution < 1.29 is 9.18 Å². The normalized spacial score (nSPS) is 16.0. The fourth-order valence-corrected chi connectivity index (χ4v) is 4.01. The van der Waals surface area contributed by atoms with Crippen molar-refractivity contribution in [2.45, 2.75) is 37.5 Å². The Hall–Kier alpha value is -3.68. The molecule has 3 aromatic heterocycles. The SMILES string of the molecule is NC(=O)c1nn(-c2ncc(-c3ccccc3F)cn2)c2cc(C3CC3)nc(C3CC3)c12. The van der Waals surface area contributed by atoms with Crippen LogP contribution in [-0.4, -0.2) is 30.6 Å². The molecule has 2 aliphatic rings. The quantitative estimate of drug-likeness (QED) is 0.534. The number of aromatic nitrogens is 5. The Balaban J connectivity index is 1.52. The number of benzene rings is 1. The summed E-state index contributed by atoms with van der Waals surface area (Å²) in [7, 11) is 0. The lowest BCUT2D eigenvalue weighted by Crippen LogP contribution is -2.13. The molecule has 0 atom stereocenters. The standard InChI is InChI=1S/C23H19FN6O/c24-16-4-2-1-3-15(16)14-10-26-23(27-11-14)30-18-9-17(12-5-6-12)28-20(13-7-8-13)19(18)21(29-30)22(25)31/h1-4,9-13H,5-8H2,(H2,25,31). The number of nitrogens with two attached hydrogens (primary N) is 1. The van der Waals surface area contributed by atoms with Gasteiger partial charge in [0.25, 0.3) is 11.9 Å². The first-order chi connectivity index (χ1) is 15.1. The van der Waals surface area contributed by atoms with Crippen LogP contribution in [0.15, 0.2) is 42.7 Å². The van der Waals surface area contributed by atoms with E-state index in [1.807, 2.05) is 6.07 Å². The van der Waals surface area contributed by atoms with Crippen LogP contribution >= 0.6 is 0 Å². The summed E-state index contributed by atoms with van der Waals surface area (Å²) in [5.41, 5.74) is 9.51. The van der Waals surface area contributed by atoms with Gasteiger partial charge in [-0.2, -0.15) is 9.78 Å². The summed E-state index contributed by atoms with van der Waals surface area (Å²) in [5.74, 6) is 0.142. The van der Waals surface area contributed by atoms with Crippen molar-refractivity contribution in [2.75, 3.05) is 0 Å². The van der Waals surface area contributed by atoms with Gasteiger partial charge in [-0.1, -0.05) is 18.2 Å². The molecule has 0 saturated heterocycles. The third-order valence-corrected chi connectivity index (χ3v) is 5.92. The van der Waals surface area contributed by atoms with Crippen LogP contribution < -0.4 is 5.73 Å². The summed E-state index contributed by atoms with van der Waals surface area (Å²) >= 11 is 0. The molecule has 0 radical (unpaired) electrons. The average molecular weight is 414 g/mol.